The molecule has 0 unspecified atom stereocenters. The van der Waals surface area contributed by atoms with E-state index in [-0.39, 0.29) is 5.91 Å². The summed E-state index contributed by atoms with van der Waals surface area (Å²) < 4.78 is 7.19. The maximum absolute atomic E-state index is 12.1. The van der Waals surface area contributed by atoms with Crippen molar-refractivity contribution in [3.05, 3.63) is 48.2 Å². The molecule has 0 aliphatic rings. The first-order valence-electron chi connectivity index (χ1n) is 10.4. The molecule has 1 aromatic carbocycles. The van der Waals surface area contributed by atoms with Crippen molar-refractivity contribution in [3.8, 4) is 0 Å². The third-order valence-electron chi connectivity index (χ3n) is 4.34. The van der Waals surface area contributed by atoms with Gasteiger partial charge in [0.1, 0.15) is 5.82 Å². The lowest BCUT2D eigenvalue weighted by atomic mass is 10.2. The van der Waals surface area contributed by atoms with Gasteiger partial charge in [0.25, 0.3) is 0 Å². The highest BCUT2D eigenvalue weighted by molar-refractivity contribution is 7.99. The van der Waals surface area contributed by atoms with Gasteiger partial charge in [-0.1, -0.05) is 49.0 Å². The first-order chi connectivity index (χ1) is 15.2. The predicted octanol–water partition coefficient (Wildman–Crippen LogP) is 3.22. The Morgan fingerprint density at radius 1 is 1.19 bits per heavy atom. The van der Waals surface area contributed by atoms with Crippen LogP contribution in [0.25, 0.3) is 17.1 Å². The first-order valence-corrected chi connectivity index (χ1v) is 11.4. The second kappa shape index (κ2) is 12.1. The van der Waals surface area contributed by atoms with Gasteiger partial charge in [-0.15, -0.1) is 0 Å². The zero-order chi connectivity index (χ0) is 21.9. The molecule has 0 aliphatic carbocycles. The van der Waals surface area contributed by atoms with E-state index < -0.39 is 0 Å². The molecule has 0 saturated heterocycles. The van der Waals surface area contributed by atoms with Gasteiger partial charge in [-0.05, 0) is 24.3 Å². The number of anilines is 1. The number of hydrogen-bond acceptors (Lipinski definition) is 7. The van der Waals surface area contributed by atoms with Gasteiger partial charge in [-0.3, -0.25) is 4.79 Å². The van der Waals surface area contributed by atoms with Crippen molar-refractivity contribution in [2.45, 2.75) is 25.5 Å². The third-order valence-corrected chi connectivity index (χ3v) is 5.07. The number of carbonyl (C=O) groups is 1. The molecule has 1 amide bonds. The number of amides is 1. The highest BCUT2D eigenvalue weighted by Gasteiger charge is 2.13. The van der Waals surface area contributed by atoms with Crippen molar-refractivity contribution < 1.29 is 9.53 Å². The molecule has 0 atom stereocenters. The van der Waals surface area contributed by atoms with Crippen LogP contribution < -0.4 is 10.6 Å². The van der Waals surface area contributed by atoms with E-state index in [9.17, 15) is 4.79 Å². The number of fused-ring (bicyclic) bond motifs is 1. The Morgan fingerprint density at radius 3 is 2.81 bits per heavy atom. The lowest BCUT2D eigenvalue weighted by Crippen LogP contribution is -2.25. The summed E-state index contributed by atoms with van der Waals surface area (Å²) in [5.74, 6) is 1.49. The maximum atomic E-state index is 12.1. The molecule has 2 aromatic heterocycles. The van der Waals surface area contributed by atoms with Crippen LogP contribution in [0.1, 0.15) is 19.4 Å². The molecule has 9 heteroatoms. The van der Waals surface area contributed by atoms with E-state index in [1.807, 2.05) is 37.3 Å². The molecule has 2 N–H and O–H groups in total. The number of thioether (sulfide) groups is 1. The Hall–Kier alpha value is -2.91. The minimum atomic E-state index is -0.143. The van der Waals surface area contributed by atoms with Crippen molar-refractivity contribution in [1.29, 1.82) is 0 Å². The zero-order valence-corrected chi connectivity index (χ0v) is 18.7. The van der Waals surface area contributed by atoms with Gasteiger partial charge in [-0.2, -0.15) is 5.10 Å². The highest BCUT2D eigenvalue weighted by Crippen LogP contribution is 2.24. The Labute approximate surface area is 186 Å². The molecule has 0 radical (unpaired) electrons. The first kappa shape index (κ1) is 22.8. The van der Waals surface area contributed by atoms with E-state index >= 15 is 0 Å². The molecule has 3 aromatic rings. The largest absolute Gasteiger partial charge is 0.380 e. The molecule has 164 valence electrons. The average molecular weight is 441 g/mol. The summed E-state index contributed by atoms with van der Waals surface area (Å²) in [5.41, 5.74) is 1.73. The number of ether oxygens (including phenoxy) is 1. The van der Waals surface area contributed by atoms with E-state index in [1.165, 1.54) is 6.08 Å². The van der Waals surface area contributed by atoms with Crippen molar-refractivity contribution in [1.82, 2.24) is 25.1 Å². The molecule has 8 nitrogen and oxygen atoms in total. The van der Waals surface area contributed by atoms with Gasteiger partial charge in [0.05, 0.1) is 24.7 Å². The Bertz CT molecular complexity index is 1010. The van der Waals surface area contributed by atoms with Crippen LogP contribution in [-0.2, 0) is 16.1 Å². The van der Waals surface area contributed by atoms with E-state index in [1.54, 1.807) is 28.7 Å². The number of nitrogens with one attached hydrogen (secondary N) is 2. The van der Waals surface area contributed by atoms with Gasteiger partial charge in [0.15, 0.2) is 10.8 Å². The third kappa shape index (κ3) is 6.80. The standard InChI is InChI=1S/C22H28N6O2S/c1-3-30-15-13-24-20-18-16-25-28(21(18)27-22(26-20)31-4-2)14-12-23-19(29)11-10-17-8-6-5-7-9-17/h5-11,16H,3-4,12-15H2,1-2H3,(H,23,29)(H,24,26,27)/b11-10-. The second-order valence-corrected chi connectivity index (χ2v) is 7.78. The SMILES string of the molecule is CCOCCNc1nc(SCC)nc2c1cnn2CCNC(=O)/C=C\c1ccccc1. The second-order valence-electron chi connectivity index (χ2n) is 6.55. The number of hydrogen-bond donors (Lipinski definition) is 2. The van der Waals surface area contributed by atoms with Gasteiger partial charge in [0, 0.05) is 25.8 Å². The van der Waals surface area contributed by atoms with Crippen LogP contribution >= 0.6 is 11.8 Å². The lowest BCUT2D eigenvalue weighted by Gasteiger charge is -2.09. The quantitative estimate of drug-likeness (QED) is 0.193. The minimum Gasteiger partial charge on any atom is -0.380 e. The van der Waals surface area contributed by atoms with Gasteiger partial charge in [-0.25, -0.2) is 14.6 Å². The van der Waals surface area contributed by atoms with Crippen LogP contribution in [0, 0.1) is 0 Å². The van der Waals surface area contributed by atoms with E-state index in [0.29, 0.717) is 38.0 Å². The summed E-state index contributed by atoms with van der Waals surface area (Å²) in [7, 11) is 0. The number of carbonyl (C=O) groups excluding carboxylic acids is 1. The molecule has 3 rings (SSSR count). The van der Waals surface area contributed by atoms with Gasteiger partial charge in [0.2, 0.25) is 5.91 Å². The van der Waals surface area contributed by atoms with Crippen molar-refractivity contribution in [3.63, 3.8) is 0 Å². The van der Waals surface area contributed by atoms with Crippen LogP contribution in [0.5, 0.6) is 0 Å². The Morgan fingerprint density at radius 2 is 2.03 bits per heavy atom. The molecular weight excluding hydrogens is 412 g/mol. The molecule has 0 bridgehead atoms. The topological polar surface area (TPSA) is 94.0 Å². The smallest absolute Gasteiger partial charge is 0.244 e. The summed E-state index contributed by atoms with van der Waals surface area (Å²) >= 11 is 1.58. The van der Waals surface area contributed by atoms with E-state index in [4.69, 9.17) is 4.74 Å². The number of aromatic nitrogens is 4. The normalized spacial score (nSPS) is 11.3. The summed E-state index contributed by atoms with van der Waals surface area (Å²) in [6, 6.07) is 9.72. The molecule has 0 saturated carbocycles. The fourth-order valence-corrected chi connectivity index (χ4v) is 3.46. The molecule has 0 fully saturated rings. The monoisotopic (exact) mass is 440 g/mol. The Kier molecular flexibility index (Phi) is 8.86. The Balaban J connectivity index is 1.64. The molecule has 2 heterocycles. The highest BCUT2D eigenvalue weighted by atomic mass is 32.2. The van der Waals surface area contributed by atoms with Crippen LogP contribution in [0.2, 0.25) is 0 Å². The van der Waals surface area contributed by atoms with E-state index in [2.05, 4.69) is 32.6 Å². The summed E-state index contributed by atoms with van der Waals surface area (Å²) in [6.45, 7) is 6.94. The molecule has 0 spiro atoms. The van der Waals surface area contributed by atoms with Crippen LogP contribution in [0.15, 0.2) is 47.8 Å². The molecule has 31 heavy (non-hydrogen) atoms. The number of benzene rings is 1. The minimum absolute atomic E-state index is 0.143. The van der Waals surface area contributed by atoms with Crippen molar-refractivity contribution in [2.24, 2.45) is 0 Å². The fourth-order valence-electron chi connectivity index (χ4n) is 2.89. The summed E-state index contributed by atoms with van der Waals surface area (Å²) in [4.78, 5) is 21.4. The van der Waals surface area contributed by atoms with E-state index in [0.717, 1.165) is 28.2 Å². The maximum Gasteiger partial charge on any atom is 0.244 e. The van der Waals surface area contributed by atoms with Crippen LogP contribution in [-0.4, -0.2) is 57.7 Å². The average Bonchev–Trinajstić information content (AvgIpc) is 3.19. The van der Waals surface area contributed by atoms with Gasteiger partial charge >= 0.3 is 0 Å². The van der Waals surface area contributed by atoms with Crippen LogP contribution in [0.4, 0.5) is 5.82 Å². The number of rotatable bonds is 12. The summed E-state index contributed by atoms with van der Waals surface area (Å²) in [6.07, 6.45) is 5.09. The van der Waals surface area contributed by atoms with Crippen molar-refractivity contribution >= 4 is 40.6 Å². The number of nitrogens with zero attached hydrogens (tertiary/aromatic N) is 4. The van der Waals surface area contributed by atoms with Gasteiger partial charge < -0.3 is 15.4 Å². The molecular formula is C22H28N6O2S. The fraction of sp³-hybridized carbons (Fsp3) is 0.364. The predicted molar refractivity (Wildman–Crippen MR) is 125 cm³/mol. The summed E-state index contributed by atoms with van der Waals surface area (Å²) in [5, 5.41) is 12.2. The zero-order valence-electron chi connectivity index (χ0n) is 17.9. The van der Waals surface area contributed by atoms with Crippen molar-refractivity contribution in [2.75, 3.05) is 37.4 Å². The van der Waals surface area contributed by atoms with Crippen LogP contribution in [0.3, 0.4) is 0 Å². The lowest BCUT2D eigenvalue weighted by molar-refractivity contribution is -0.116. The molecule has 0 aliphatic heterocycles.